The third-order valence-corrected chi connectivity index (χ3v) is 3.73. The Balaban J connectivity index is 2.21. The number of carbonyl (C=O) groups is 1. The number of halogens is 1. The maximum Gasteiger partial charge on any atom is 0.250 e. The molecule has 1 saturated heterocycles. The van der Waals surface area contributed by atoms with Gasteiger partial charge < -0.3 is 21.5 Å². The normalized spacial score (nSPS) is 16.8. The van der Waals surface area contributed by atoms with Crippen LogP contribution in [0.5, 0.6) is 0 Å². The second kappa shape index (κ2) is 6.73. The molecular weight excluding hydrogens is 275 g/mol. The van der Waals surface area contributed by atoms with Crippen LogP contribution in [0.25, 0.3) is 0 Å². The van der Waals surface area contributed by atoms with E-state index in [0.29, 0.717) is 25.3 Å². The standard InChI is InChI=1S/C14H21FN4O2/c15-11-9-12(16)10(14(17)21)8-13(11)19-3-1-2-18(4-5-19)6-7-20/h8-9,20H,1-7,16H2,(H2,17,21). The van der Waals surface area contributed by atoms with Crippen LogP contribution in [-0.2, 0) is 0 Å². The van der Waals surface area contributed by atoms with Gasteiger partial charge in [0.05, 0.1) is 17.9 Å². The van der Waals surface area contributed by atoms with Gasteiger partial charge in [-0.3, -0.25) is 9.69 Å². The number of carbonyl (C=O) groups excluding carboxylic acids is 1. The van der Waals surface area contributed by atoms with Crippen molar-refractivity contribution in [3.05, 3.63) is 23.5 Å². The molecule has 1 aromatic carbocycles. The highest BCUT2D eigenvalue weighted by molar-refractivity contribution is 5.99. The number of nitrogens with two attached hydrogens (primary N) is 2. The molecule has 5 N–H and O–H groups in total. The Hall–Kier alpha value is -1.86. The van der Waals surface area contributed by atoms with Crippen molar-refractivity contribution < 1.29 is 14.3 Å². The molecule has 0 unspecified atom stereocenters. The zero-order valence-electron chi connectivity index (χ0n) is 11.9. The first-order valence-corrected chi connectivity index (χ1v) is 7.00. The van der Waals surface area contributed by atoms with Crippen LogP contribution in [0.3, 0.4) is 0 Å². The highest BCUT2D eigenvalue weighted by Crippen LogP contribution is 2.26. The number of benzene rings is 1. The number of nitrogens with zero attached hydrogens (tertiary/aromatic N) is 2. The molecule has 2 rings (SSSR count). The minimum Gasteiger partial charge on any atom is -0.398 e. The molecule has 1 heterocycles. The Morgan fingerprint density at radius 1 is 1.29 bits per heavy atom. The molecule has 0 bridgehead atoms. The largest absolute Gasteiger partial charge is 0.398 e. The summed E-state index contributed by atoms with van der Waals surface area (Å²) in [7, 11) is 0. The van der Waals surface area contributed by atoms with Crippen molar-refractivity contribution in [1.29, 1.82) is 0 Å². The van der Waals surface area contributed by atoms with Gasteiger partial charge in [-0.1, -0.05) is 0 Å². The molecule has 0 atom stereocenters. The molecule has 1 fully saturated rings. The molecule has 0 aromatic heterocycles. The van der Waals surface area contributed by atoms with Crippen LogP contribution in [0.1, 0.15) is 16.8 Å². The number of anilines is 2. The van der Waals surface area contributed by atoms with Crippen LogP contribution in [0, 0.1) is 5.82 Å². The smallest absolute Gasteiger partial charge is 0.250 e. The lowest BCUT2D eigenvalue weighted by molar-refractivity contribution is 0.100. The number of aliphatic hydroxyl groups excluding tert-OH is 1. The van der Waals surface area contributed by atoms with E-state index in [2.05, 4.69) is 4.90 Å². The Bertz CT molecular complexity index is 524. The molecule has 1 aromatic rings. The number of β-amino-alcohol motifs (C(OH)–C–C–N with tert-alkyl or cyclic N) is 1. The molecule has 116 valence electrons. The lowest BCUT2D eigenvalue weighted by Crippen LogP contribution is -2.33. The van der Waals surface area contributed by atoms with Gasteiger partial charge in [-0.2, -0.15) is 0 Å². The molecule has 1 aliphatic rings. The van der Waals surface area contributed by atoms with Gasteiger partial charge >= 0.3 is 0 Å². The van der Waals surface area contributed by atoms with E-state index in [9.17, 15) is 9.18 Å². The van der Waals surface area contributed by atoms with Crippen LogP contribution in [0.15, 0.2) is 12.1 Å². The van der Waals surface area contributed by atoms with E-state index in [1.54, 1.807) is 0 Å². The van der Waals surface area contributed by atoms with E-state index in [1.165, 1.54) is 6.07 Å². The van der Waals surface area contributed by atoms with Gasteiger partial charge in [-0.15, -0.1) is 0 Å². The number of rotatable bonds is 4. The minimum atomic E-state index is -0.662. The zero-order chi connectivity index (χ0) is 15.4. The molecule has 0 spiro atoms. The molecule has 7 heteroatoms. The summed E-state index contributed by atoms with van der Waals surface area (Å²) in [6.07, 6.45) is 0.857. The van der Waals surface area contributed by atoms with Crippen LogP contribution >= 0.6 is 0 Å². The maximum atomic E-state index is 14.1. The van der Waals surface area contributed by atoms with E-state index in [4.69, 9.17) is 16.6 Å². The summed E-state index contributed by atoms with van der Waals surface area (Å²) in [5, 5.41) is 8.98. The summed E-state index contributed by atoms with van der Waals surface area (Å²) in [6, 6.07) is 2.57. The number of nitrogen functional groups attached to an aromatic ring is 1. The van der Waals surface area contributed by atoms with Crippen LogP contribution in [0.4, 0.5) is 15.8 Å². The highest BCUT2D eigenvalue weighted by atomic mass is 19.1. The fraction of sp³-hybridized carbons (Fsp3) is 0.500. The summed E-state index contributed by atoms with van der Waals surface area (Å²) in [5.41, 5.74) is 11.4. The lowest BCUT2D eigenvalue weighted by atomic mass is 10.1. The van der Waals surface area contributed by atoms with E-state index < -0.39 is 11.7 Å². The van der Waals surface area contributed by atoms with Gasteiger partial charge in [0.15, 0.2) is 0 Å². The molecule has 0 saturated carbocycles. The van der Waals surface area contributed by atoms with Crippen molar-refractivity contribution in [3.8, 4) is 0 Å². The molecule has 6 nitrogen and oxygen atoms in total. The van der Waals surface area contributed by atoms with Gasteiger partial charge in [-0.25, -0.2) is 4.39 Å². The predicted molar refractivity (Wildman–Crippen MR) is 79.7 cm³/mol. The van der Waals surface area contributed by atoms with Gasteiger partial charge in [0.2, 0.25) is 0 Å². The molecular formula is C14H21FN4O2. The number of primary amides is 1. The van der Waals surface area contributed by atoms with Crippen molar-refractivity contribution in [2.75, 3.05) is 50.0 Å². The molecule has 1 aliphatic heterocycles. The third-order valence-electron chi connectivity index (χ3n) is 3.73. The first kappa shape index (κ1) is 15.5. The van der Waals surface area contributed by atoms with E-state index in [0.717, 1.165) is 25.6 Å². The first-order chi connectivity index (χ1) is 10.0. The minimum absolute atomic E-state index is 0.0560. The fourth-order valence-corrected chi connectivity index (χ4v) is 2.61. The van der Waals surface area contributed by atoms with Crippen LogP contribution in [0.2, 0.25) is 0 Å². The van der Waals surface area contributed by atoms with Gasteiger partial charge in [-0.05, 0) is 25.1 Å². The Morgan fingerprint density at radius 3 is 2.71 bits per heavy atom. The molecule has 1 amide bonds. The topological polar surface area (TPSA) is 95.8 Å². The maximum absolute atomic E-state index is 14.1. The number of hydrogen-bond acceptors (Lipinski definition) is 5. The van der Waals surface area contributed by atoms with Crippen molar-refractivity contribution >= 4 is 17.3 Å². The summed E-state index contributed by atoms with van der Waals surface area (Å²) in [5.74, 6) is -1.11. The van der Waals surface area contributed by atoms with Gasteiger partial charge in [0, 0.05) is 31.9 Å². The molecule has 0 aliphatic carbocycles. The first-order valence-electron chi connectivity index (χ1n) is 7.00. The van der Waals surface area contributed by atoms with Crippen molar-refractivity contribution in [1.82, 2.24) is 4.90 Å². The summed E-state index contributed by atoms with van der Waals surface area (Å²) in [4.78, 5) is 15.4. The number of hydrogen-bond donors (Lipinski definition) is 3. The van der Waals surface area contributed by atoms with Crippen LogP contribution < -0.4 is 16.4 Å². The number of aliphatic hydroxyl groups is 1. The summed E-state index contributed by atoms with van der Waals surface area (Å²) >= 11 is 0. The summed E-state index contributed by atoms with van der Waals surface area (Å²) in [6.45, 7) is 3.62. The van der Waals surface area contributed by atoms with Gasteiger partial charge in [0.25, 0.3) is 5.91 Å². The predicted octanol–water partition coefficient (Wildman–Crippen LogP) is 0.0112. The van der Waals surface area contributed by atoms with E-state index in [1.807, 2.05) is 4.90 Å². The monoisotopic (exact) mass is 296 g/mol. The second-order valence-corrected chi connectivity index (χ2v) is 5.16. The quantitative estimate of drug-likeness (QED) is 0.680. The lowest BCUT2D eigenvalue weighted by Gasteiger charge is -2.24. The van der Waals surface area contributed by atoms with Crippen LogP contribution in [-0.4, -0.2) is 55.2 Å². The van der Waals surface area contributed by atoms with Crippen molar-refractivity contribution in [2.45, 2.75) is 6.42 Å². The average molecular weight is 296 g/mol. The molecule has 21 heavy (non-hydrogen) atoms. The van der Waals surface area contributed by atoms with Crippen molar-refractivity contribution in [2.24, 2.45) is 5.73 Å². The Kier molecular flexibility index (Phi) is 4.98. The highest BCUT2D eigenvalue weighted by Gasteiger charge is 2.20. The SMILES string of the molecule is NC(=O)c1cc(N2CCCN(CCO)CC2)c(F)cc1N. The third kappa shape index (κ3) is 3.62. The van der Waals surface area contributed by atoms with E-state index >= 15 is 0 Å². The van der Waals surface area contributed by atoms with Crippen molar-refractivity contribution in [3.63, 3.8) is 0 Å². The average Bonchev–Trinajstić information content (AvgIpc) is 2.64. The Labute approximate surface area is 123 Å². The Morgan fingerprint density at radius 2 is 2.05 bits per heavy atom. The number of amides is 1. The van der Waals surface area contributed by atoms with E-state index in [-0.39, 0.29) is 17.9 Å². The molecule has 0 radical (unpaired) electrons. The van der Waals surface area contributed by atoms with Gasteiger partial charge in [0.1, 0.15) is 5.82 Å². The zero-order valence-corrected chi connectivity index (χ0v) is 11.9. The second-order valence-electron chi connectivity index (χ2n) is 5.16. The fourth-order valence-electron chi connectivity index (χ4n) is 2.61. The summed E-state index contributed by atoms with van der Waals surface area (Å²) < 4.78 is 14.1.